The zero-order chi connectivity index (χ0) is 20.1. The van der Waals surface area contributed by atoms with Crippen LogP contribution in [0.4, 0.5) is 4.39 Å². The Labute approximate surface area is 165 Å². The van der Waals surface area contributed by atoms with E-state index in [1.165, 1.54) is 6.92 Å². The lowest BCUT2D eigenvalue weighted by atomic mass is 9.96. The highest BCUT2D eigenvalue weighted by Crippen LogP contribution is 2.37. The van der Waals surface area contributed by atoms with Crippen molar-refractivity contribution in [3.05, 3.63) is 71.2 Å². The van der Waals surface area contributed by atoms with Gasteiger partial charge in [-0.1, -0.05) is 6.07 Å². The summed E-state index contributed by atoms with van der Waals surface area (Å²) in [5, 5.41) is 4.73. The van der Waals surface area contributed by atoms with Crippen LogP contribution in [-0.2, 0) is 6.42 Å². The maximum atomic E-state index is 13.9. The molecule has 9 heteroatoms. The number of aromatic nitrogens is 5. The van der Waals surface area contributed by atoms with Crippen LogP contribution in [-0.4, -0.2) is 41.9 Å². The Hall–Kier alpha value is -3.49. The number of hydrogen-bond donors (Lipinski definition) is 1. The van der Waals surface area contributed by atoms with Crippen molar-refractivity contribution in [3.8, 4) is 0 Å². The number of aromatic amines is 1. The van der Waals surface area contributed by atoms with Gasteiger partial charge < -0.3 is 14.3 Å². The van der Waals surface area contributed by atoms with Crippen molar-refractivity contribution in [1.82, 2.24) is 29.5 Å². The maximum absolute atomic E-state index is 13.9. The van der Waals surface area contributed by atoms with Gasteiger partial charge >= 0.3 is 0 Å². The molecule has 0 aliphatic carbocycles. The second-order valence-corrected chi connectivity index (χ2v) is 7.14. The first kappa shape index (κ1) is 17.6. The van der Waals surface area contributed by atoms with Crippen LogP contribution in [0, 0.1) is 6.92 Å². The van der Waals surface area contributed by atoms with Crippen LogP contribution in [0.25, 0.3) is 5.52 Å². The number of H-pyrrole nitrogens is 1. The van der Waals surface area contributed by atoms with Crippen LogP contribution in [0.5, 0.6) is 0 Å². The normalized spacial score (nSPS) is 17.5. The van der Waals surface area contributed by atoms with E-state index in [0.29, 0.717) is 13.0 Å². The third kappa shape index (κ3) is 2.65. The number of aryl methyl sites for hydroxylation is 1. The number of nitrogens with one attached hydrogen (secondary N) is 1. The molecular formula is C20H19FN6O2. The fourth-order valence-corrected chi connectivity index (χ4v) is 4.00. The third-order valence-corrected chi connectivity index (χ3v) is 5.43. The van der Waals surface area contributed by atoms with Crippen molar-refractivity contribution >= 4 is 11.4 Å². The fourth-order valence-electron chi connectivity index (χ4n) is 4.00. The molecule has 0 spiro atoms. The van der Waals surface area contributed by atoms with Crippen molar-refractivity contribution in [2.45, 2.75) is 32.5 Å². The highest BCUT2D eigenvalue weighted by Gasteiger charge is 2.39. The molecule has 0 saturated heterocycles. The molecule has 0 radical (unpaired) electrons. The Morgan fingerprint density at radius 1 is 1.34 bits per heavy atom. The summed E-state index contributed by atoms with van der Waals surface area (Å²) in [6, 6.07) is 5.31. The zero-order valence-electron chi connectivity index (χ0n) is 16.0. The number of alkyl halides is 1. The number of halogens is 1. The first-order valence-electron chi connectivity index (χ1n) is 9.40. The highest BCUT2D eigenvalue weighted by atomic mass is 19.1. The van der Waals surface area contributed by atoms with Gasteiger partial charge in [-0.2, -0.15) is 5.10 Å². The van der Waals surface area contributed by atoms with Crippen molar-refractivity contribution in [3.63, 3.8) is 0 Å². The Morgan fingerprint density at radius 2 is 2.21 bits per heavy atom. The van der Waals surface area contributed by atoms with Crippen LogP contribution in [0.1, 0.15) is 58.0 Å². The molecular weight excluding hydrogens is 375 g/mol. The number of imidazole rings is 1. The van der Waals surface area contributed by atoms with Crippen molar-refractivity contribution < 1.29 is 13.6 Å². The minimum absolute atomic E-state index is 0.00768. The number of carbonyl (C=O) groups excluding carboxylic acids is 1. The predicted octanol–water partition coefficient (Wildman–Crippen LogP) is 3.17. The van der Waals surface area contributed by atoms with Crippen molar-refractivity contribution in [2.24, 2.45) is 0 Å². The average molecular weight is 394 g/mol. The van der Waals surface area contributed by atoms with E-state index in [-0.39, 0.29) is 11.5 Å². The Balaban J connectivity index is 1.66. The molecule has 1 amide bonds. The molecule has 29 heavy (non-hydrogen) atoms. The van der Waals surface area contributed by atoms with Gasteiger partial charge in [-0.05, 0) is 26.0 Å². The summed E-state index contributed by atoms with van der Waals surface area (Å²) in [4.78, 5) is 26.5. The lowest BCUT2D eigenvalue weighted by Gasteiger charge is -2.33. The first-order valence-corrected chi connectivity index (χ1v) is 9.40. The van der Waals surface area contributed by atoms with Gasteiger partial charge in [0.15, 0.2) is 6.39 Å². The lowest BCUT2D eigenvalue weighted by Crippen LogP contribution is -2.41. The molecule has 0 aromatic carbocycles. The molecule has 0 saturated carbocycles. The molecule has 1 N–H and O–H groups in total. The van der Waals surface area contributed by atoms with E-state index < -0.39 is 18.1 Å². The van der Waals surface area contributed by atoms with Gasteiger partial charge in [-0.15, -0.1) is 0 Å². The van der Waals surface area contributed by atoms with E-state index in [0.717, 1.165) is 34.6 Å². The number of rotatable bonds is 3. The van der Waals surface area contributed by atoms with Crippen molar-refractivity contribution in [2.75, 3.05) is 6.54 Å². The minimum Gasteiger partial charge on any atom is -0.438 e. The van der Waals surface area contributed by atoms with Gasteiger partial charge in [0, 0.05) is 30.4 Å². The Morgan fingerprint density at radius 3 is 3.00 bits per heavy atom. The van der Waals surface area contributed by atoms with Gasteiger partial charge in [0.25, 0.3) is 5.91 Å². The fraction of sp³-hybridized carbons (Fsp3) is 0.300. The Kier molecular flexibility index (Phi) is 3.97. The van der Waals surface area contributed by atoms with E-state index in [1.807, 2.05) is 31.3 Å². The second kappa shape index (κ2) is 6.54. The monoisotopic (exact) mass is 394 g/mol. The largest absolute Gasteiger partial charge is 0.438 e. The topological polar surface area (TPSA) is 92.3 Å². The van der Waals surface area contributed by atoms with E-state index in [4.69, 9.17) is 9.52 Å². The molecule has 1 aliphatic heterocycles. The number of pyridine rings is 1. The minimum atomic E-state index is -1.41. The maximum Gasteiger partial charge on any atom is 0.292 e. The summed E-state index contributed by atoms with van der Waals surface area (Å²) >= 11 is 0. The average Bonchev–Trinajstić information content (AvgIpc) is 3.45. The summed E-state index contributed by atoms with van der Waals surface area (Å²) in [7, 11) is 0. The second-order valence-electron chi connectivity index (χ2n) is 7.14. The summed E-state index contributed by atoms with van der Waals surface area (Å²) in [6.07, 6.45) is 3.80. The zero-order valence-corrected chi connectivity index (χ0v) is 16.0. The molecule has 4 aromatic rings. The predicted molar refractivity (Wildman–Crippen MR) is 101 cm³/mol. The van der Waals surface area contributed by atoms with Crippen LogP contribution >= 0.6 is 0 Å². The highest BCUT2D eigenvalue weighted by molar-refractivity contribution is 5.93. The number of hydrogen-bond acceptors (Lipinski definition) is 5. The van der Waals surface area contributed by atoms with E-state index >= 15 is 0 Å². The van der Waals surface area contributed by atoms with E-state index in [9.17, 15) is 9.18 Å². The van der Waals surface area contributed by atoms with Crippen LogP contribution in [0.2, 0.25) is 0 Å². The van der Waals surface area contributed by atoms with Crippen LogP contribution in [0.3, 0.4) is 0 Å². The van der Waals surface area contributed by atoms with Gasteiger partial charge in [0.05, 0.1) is 23.2 Å². The molecule has 148 valence electrons. The van der Waals surface area contributed by atoms with E-state index in [1.54, 1.807) is 15.7 Å². The van der Waals surface area contributed by atoms with Crippen LogP contribution < -0.4 is 0 Å². The SMILES string of the molecule is Cc1c([C@@H]2c3nc[nH]c3CCN2C(=O)c2ocnc2C(C)F)nn2ccccc12. The number of amides is 1. The number of nitrogens with zero attached hydrogens (tertiary/aromatic N) is 5. The van der Waals surface area contributed by atoms with Gasteiger partial charge in [0.1, 0.15) is 17.9 Å². The smallest absolute Gasteiger partial charge is 0.292 e. The standard InChI is InChI=1S/C20H19FN6O2/c1-11-14-5-3-4-7-27(14)25-15(11)18-17-13(22-9-23-17)6-8-26(18)20(28)19-16(12(2)21)24-10-29-19/h3-5,7,9-10,12,18H,6,8H2,1-2H3,(H,22,23)/t12?,18-/m1/s1. The lowest BCUT2D eigenvalue weighted by molar-refractivity contribution is 0.0649. The molecule has 4 aromatic heterocycles. The molecule has 0 fully saturated rings. The van der Waals surface area contributed by atoms with Crippen LogP contribution in [0.15, 0.2) is 41.5 Å². The summed E-state index contributed by atoms with van der Waals surface area (Å²) in [5.41, 5.74) is 4.36. The molecule has 8 nitrogen and oxygen atoms in total. The van der Waals surface area contributed by atoms with Gasteiger partial charge in [-0.3, -0.25) is 4.79 Å². The number of fused-ring (bicyclic) bond motifs is 2. The molecule has 5 heterocycles. The number of carbonyl (C=O) groups is 1. The first-order chi connectivity index (χ1) is 14.1. The summed E-state index contributed by atoms with van der Waals surface area (Å²) in [5.74, 6) is -0.498. The molecule has 1 aliphatic rings. The van der Waals surface area contributed by atoms with Crippen molar-refractivity contribution in [1.29, 1.82) is 0 Å². The van der Waals surface area contributed by atoms with Gasteiger partial charge in [-0.25, -0.2) is 18.9 Å². The molecule has 2 atom stereocenters. The summed E-state index contributed by atoms with van der Waals surface area (Å²) in [6.45, 7) is 3.73. The molecule has 1 unspecified atom stereocenters. The Bertz CT molecular complexity index is 1210. The summed E-state index contributed by atoms with van der Waals surface area (Å²) < 4.78 is 21.0. The quantitative estimate of drug-likeness (QED) is 0.576. The van der Waals surface area contributed by atoms with Gasteiger partial charge in [0.2, 0.25) is 5.76 Å². The third-order valence-electron chi connectivity index (χ3n) is 5.43. The molecule has 0 bridgehead atoms. The number of oxazole rings is 1. The van der Waals surface area contributed by atoms with E-state index in [2.05, 4.69) is 15.0 Å². The molecule has 5 rings (SSSR count).